The van der Waals surface area contributed by atoms with Crippen LogP contribution in [0.4, 0.5) is 10.2 Å². The van der Waals surface area contributed by atoms with Gasteiger partial charge < -0.3 is 10.6 Å². The van der Waals surface area contributed by atoms with Gasteiger partial charge in [0.05, 0.1) is 10.7 Å². The van der Waals surface area contributed by atoms with E-state index in [9.17, 15) is 4.39 Å². The van der Waals surface area contributed by atoms with E-state index < -0.39 is 0 Å². The highest BCUT2D eigenvalue weighted by Gasteiger charge is 2.16. The summed E-state index contributed by atoms with van der Waals surface area (Å²) in [5.74, 6) is 1.09. The molecule has 0 aliphatic carbocycles. The molecular weight excluding hydrogens is 399 g/mol. The number of benzene rings is 1. The zero-order chi connectivity index (χ0) is 20.1. The molecule has 1 saturated heterocycles. The average Bonchev–Trinajstić information content (AvgIpc) is 2.75. The maximum atomic E-state index is 13.4. The third-order valence-electron chi connectivity index (χ3n) is 5.20. The second-order valence-electron chi connectivity index (χ2n) is 7.46. The van der Waals surface area contributed by atoms with Crippen LogP contribution in [0.1, 0.15) is 31.5 Å². The summed E-state index contributed by atoms with van der Waals surface area (Å²) in [5, 5.41) is 7.29. The molecule has 158 valence electrons. The van der Waals surface area contributed by atoms with E-state index >= 15 is 0 Å². The Labute approximate surface area is 182 Å². The molecule has 0 radical (unpaired) electrons. The van der Waals surface area contributed by atoms with Gasteiger partial charge in [0.1, 0.15) is 11.6 Å². The minimum absolute atomic E-state index is 0. The maximum absolute atomic E-state index is 13.4. The highest BCUT2D eigenvalue weighted by atomic mass is 35.5. The van der Waals surface area contributed by atoms with Gasteiger partial charge in [-0.25, -0.2) is 9.37 Å². The van der Waals surface area contributed by atoms with Gasteiger partial charge in [-0.3, -0.25) is 4.98 Å². The fourth-order valence-electron chi connectivity index (χ4n) is 3.71. The van der Waals surface area contributed by atoms with Crippen molar-refractivity contribution in [2.24, 2.45) is 5.92 Å². The van der Waals surface area contributed by atoms with Crippen LogP contribution in [0.2, 0.25) is 5.02 Å². The quantitative estimate of drug-likeness (QED) is 0.528. The number of rotatable bonds is 6. The molecule has 30 heavy (non-hydrogen) atoms. The van der Waals surface area contributed by atoms with Gasteiger partial charge in [-0.1, -0.05) is 37.2 Å². The molecule has 4 nitrogen and oxygen atoms in total. The maximum Gasteiger partial charge on any atom is 0.126 e. The van der Waals surface area contributed by atoms with Crippen LogP contribution in [0.3, 0.4) is 0 Å². The van der Waals surface area contributed by atoms with Gasteiger partial charge in [-0.2, -0.15) is 0 Å². The summed E-state index contributed by atoms with van der Waals surface area (Å²) in [7, 11) is 0. The molecule has 0 amide bonds. The lowest BCUT2D eigenvalue weighted by Gasteiger charge is -2.22. The van der Waals surface area contributed by atoms with Crippen LogP contribution in [0, 0.1) is 11.7 Å². The molecule has 2 aromatic heterocycles. The Morgan fingerprint density at radius 1 is 1.17 bits per heavy atom. The molecule has 1 aromatic carbocycles. The van der Waals surface area contributed by atoms with Crippen molar-refractivity contribution in [3.05, 3.63) is 76.8 Å². The Morgan fingerprint density at radius 3 is 2.83 bits per heavy atom. The topological polar surface area (TPSA) is 49.8 Å². The second-order valence-corrected chi connectivity index (χ2v) is 7.87. The van der Waals surface area contributed by atoms with Crippen molar-refractivity contribution in [2.45, 2.75) is 33.2 Å². The van der Waals surface area contributed by atoms with Crippen molar-refractivity contribution in [1.29, 1.82) is 0 Å². The van der Waals surface area contributed by atoms with Gasteiger partial charge in [0.15, 0.2) is 0 Å². The van der Waals surface area contributed by atoms with Crippen molar-refractivity contribution in [1.82, 2.24) is 15.3 Å². The predicted molar refractivity (Wildman–Crippen MR) is 122 cm³/mol. The number of aromatic nitrogens is 2. The first-order chi connectivity index (χ1) is 14.2. The third kappa shape index (κ3) is 5.77. The normalized spacial score (nSPS) is 16.0. The first-order valence-electron chi connectivity index (χ1n) is 9.98. The number of pyridine rings is 2. The minimum Gasteiger partial charge on any atom is -0.366 e. The SMILES string of the molecule is C.Fc1cccc(CNc2cccc(-c3cc(C[C@H]4CCCNC4)ncc3Cl)n2)c1. The number of nitrogens with one attached hydrogen (secondary N) is 2. The van der Waals surface area contributed by atoms with Gasteiger partial charge in [0.2, 0.25) is 0 Å². The molecule has 1 fully saturated rings. The lowest BCUT2D eigenvalue weighted by molar-refractivity contribution is 0.373. The fraction of sp³-hybridized carbons (Fsp3) is 0.333. The van der Waals surface area contributed by atoms with E-state index in [-0.39, 0.29) is 13.2 Å². The second kappa shape index (κ2) is 10.5. The summed E-state index contributed by atoms with van der Waals surface area (Å²) in [6, 6.07) is 14.4. The largest absolute Gasteiger partial charge is 0.366 e. The molecule has 3 aromatic rings. The van der Waals surface area contributed by atoms with E-state index in [1.165, 1.54) is 25.0 Å². The van der Waals surface area contributed by atoms with E-state index in [1.54, 1.807) is 12.3 Å². The van der Waals surface area contributed by atoms with Gasteiger partial charge in [-0.15, -0.1) is 0 Å². The summed E-state index contributed by atoms with van der Waals surface area (Å²) < 4.78 is 13.4. The van der Waals surface area contributed by atoms with Crippen LogP contribution in [0.25, 0.3) is 11.3 Å². The predicted octanol–water partition coefficient (Wildman–Crippen LogP) is 5.73. The van der Waals surface area contributed by atoms with Crippen LogP contribution in [0.5, 0.6) is 0 Å². The first kappa shape index (κ1) is 22.2. The third-order valence-corrected chi connectivity index (χ3v) is 5.50. The molecule has 4 rings (SSSR count). The molecule has 1 aliphatic rings. The molecule has 0 unspecified atom stereocenters. The highest BCUT2D eigenvalue weighted by molar-refractivity contribution is 6.33. The number of halogens is 2. The smallest absolute Gasteiger partial charge is 0.126 e. The Balaban J connectivity index is 0.00000256. The zero-order valence-electron chi connectivity index (χ0n) is 16.2. The van der Waals surface area contributed by atoms with Crippen molar-refractivity contribution in [2.75, 3.05) is 18.4 Å². The molecule has 0 saturated carbocycles. The molecular formula is C24H28ClFN4. The fourth-order valence-corrected chi connectivity index (χ4v) is 3.91. The van der Waals surface area contributed by atoms with Crippen molar-refractivity contribution in [3.8, 4) is 11.3 Å². The summed E-state index contributed by atoms with van der Waals surface area (Å²) in [5.41, 5.74) is 3.58. The standard InChI is InChI=1S/C23H24ClFN4.CH4/c24-21-15-27-19(11-17-5-3-9-26-13-17)12-20(21)22-7-2-8-23(29-22)28-14-16-4-1-6-18(25)10-16;/h1-2,4,6-8,10,12,15,17,26H,3,5,9,11,13-14H2,(H,28,29);1H4/t17-;/m1./s1. The van der Waals surface area contributed by atoms with Crippen LogP contribution >= 0.6 is 11.6 Å². The number of piperidine rings is 1. The molecule has 1 aliphatic heterocycles. The summed E-state index contributed by atoms with van der Waals surface area (Å²) in [6.45, 7) is 2.64. The molecule has 2 N–H and O–H groups in total. The molecule has 6 heteroatoms. The van der Waals surface area contributed by atoms with Gasteiger partial charge in [0.25, 0.3) is 0 Å². The number of nitrogens with zero attached hydrogens (tertiary/aromatic N) is 2. The minimum atomic E-state index is -0.240. The molecule has 0 bridgehead atoms. The van der Waals surface area contributed by atoms with Crippen LogP contribution < -0.4 is 10.6 Å². The van der Waals surface area contributed by atoms with E-state index in [0.29, 0.717) is 17.5 Å². The van der Waals surface area contributed by atoms with Gasteiger partial charge >= 0.3 is 0 Å². The van der Waals surface area contributed by atoms with Crippen molar-refractivity contribution in [3.63, 3.8) is 0 Å². The summed E-state index contributed by atoms with van der Waals surface area (Å²) in [4.78, 5) is 9.23. The first-order valence-corrected chi connectivity index (χ1v) is 10.4. The molecule has 1 atom stereocenters. The van der Waals surface area contributed by atoms with Crippen LogP contribution in [0.15, 0.2) is 54.7 Å². The van der Waals surface area contributed by atoms with E-state index in [4.69, 9.17) is 16.6 Å². The number of hydrogen-bond donors (Lipinski definition) is 2. The number of anilines is 1. The summed E-state index contributed by atoms with van der Waals surface area (Å²) >= 11 is 6.44. The van der Waals surface area contributed by atoms with Gasteiger partial charge in [0, 0.05) is 24.0 Å². The Morgan fingerprint density at radius 2 is 2.03 bits per heavy atom. The zero-order valence-corrected chi connectivity index (χ0v) is 16.9. The Bertz CT molecular complexity index is 973. The molecule has 0 spiro atoms. The van der Waals surface area contributed by atoms with Crippen LogP contribution in [-0.2, 0) is 13.0 Å². The summed E-state index contributed by atoms with van der Waals surface area (Å²) in [6.07, 6.45) is 5.10. The van der Waals surface area contributed by atoms with E-state index in [0.717, 1.165) is 47.8 Å². The number of hydrogen-bond acceptors (Lipinski definition) is 4. The van der Waals surface area contributed by atoms with Crippen molar-refractivity contribution < 1.29 is 4.39 Å². The monoisotopic (exact) mass is 426 g/mol. The molecule has 3 heterocycles. The van der Waals surface area contributed by atoms with Crippen molar-refractivity contribution >= 4 is 17.4 Å². The highest BCUT2D eigenvalue weighted by Crippen LogP contribution is 2.28. The lowest BCUT2D eigenvalue weighted by Crippen LogP contribution is -2.31. The Kier molecular flexibility index (Phi) is 7.77. The van der Waals surface area contributed by atoms with Crippen LogP contribution in [-0.4, -0.2) is 23.1 Å². The Hall–Kier alpha value is -2.50. The van der Waals surface area contributed by atoms with Gasteiger partial charge in [-0.05, 0) is 74.2 Å². The average molecular weight is 427 g/mol. The van der Waals surface area contributed by atoms with E-state index in [2.05, 4.69) is 21.7 Å². The lowest BCUT2D eigenvalue weighted by atomic mass is 9.94. The van der Waals surface area contributed by atoms with E-state index in [1.807, 2.05) is 24.3 Å².